The van der Waals surface area contributed by atoms with Gasteiger partial charge in [-0.15, -0.1) is 0 Å². The van der Waals surface area contributed by atoms with Crippen LogP contribution in [0, 0.1) is 13.8 Å². The van der Waals surface area contributed by atoms with Crippen molar-refractivity contribution in [3.63, 3.8) is 0 Å². The topological polar surface area (TPSA) is 75.5 Å². The fourth-order valence-corrected chi connectivity index (χ4v) is 2.87. The molecule has 26 heavy (non-hydrogen) atoms. The highest BCUT2D eigenvalue weighted by atomic mass is 16.2. The number of pyridine rings is 1. The van der Waals surface area contributed by atoms with Crippen LogP contribution in [0.4, 0.5) is 5.69 Å². The lowest BCUT2D eigenvalue weighted by atomic mass is 10.1. The Labute approximate surface area is 152 Å². The van der Waals surface area contributed by atoms with Crippen molar-refractivity contribution in [2.75, 3.05) is 11.9 Å². The molecular weight excluding hydrogens is 328 g/mol. The summed E-state index contributed by atoms with van der Waals surface area (Å²) >= 11 is 0. The molecule has 3 aromatic rings. The van der Waals surface area contributed by atoms with Crippen LogP contribution in [-0.2, 0) is 0 Å². The van der Waals surface area contributed by atoms with E-state index in [1.165, 1.54) is 0 Å². The van der Waals surface area contributed by atoms with Crippen LogP contribution in [0.15, 0.2) is 42.6 Å². The van der Waals surface area contributed by atoms with E-state index < -0.39 is 0 Å². The van der Waals surface area contributed by atoms with E-state index in [2.05, 4.69) is 15.6 Å². The monoisotopic (exact) mass is 350 g/mol. The van der Waals surface area contributed by atoms with Gasteiger partial charge in [-0.1, -0.05) is 31.2 Å². The van der Waals surface area contributed by atoms with E-state index in [-0.39, 0.29) is 23.3 Å². The van der Waals surface area contributed by atoms with Crippen LogP contribution < -0.4 is 10.6 Å². The Morgan fingerprint density at radius 3 is 2.46 bits per heavy atom. The predicted molar refractivity (Wildman–Crippen MR) is 102 cm³/mol. The van der Waals surface area contributed by atoms with Gasteiger partial charge in [-0.2, -0.15) is 0 Å². The Hall–Kier alpha value is -3.15. The molecule has 0 atom stereocenters. The van der Waals surface area contributed by atoms with Gasteiger partial charge in [0.2, 0.25) is 5.82 Å². The van der Waals surface area contributed by atoms with E-state index in [9.17, 15) is 9.59 Å². The first kappa shape index (κ1) is 17.7. The van der Waals surface area contributed by atoms with Crippen LogP contribution in [0.3, 0.4) is 0 Å². The standard InChI is InChI=1S/C20H22N4O2/c1-4-11-21-19(25)17-15-10-5-6-12-24(15)18(22-17)20(26)23-16-13(2)8-7-9-14(16)3/h5-10,12H,4,11H2,1-3H3,(H,21,25)(H,23,26). The molecule has 2 heterocycles. The summed E-state index contributed by atoms with van der Waals surface area (Å²) in [5, 5.41) is 5.74. The Morgan fingerprint density at radius 1 is 1.04 bits per heavy atom. The molecule has 0 saturated heterocycles. The molecule has 1 aromatic carbocycles. The number of aromatic nitrogens is 2. The molecule has 6 nitrogen and oxygen atoms in total. The second-order valence-corrected chi connectivity index (χ2v) is 6.22. The lowest BCUT2D eigenvalue weighted by Gasteiger charge is -2.10. The summed E-state index contributed by atoms with van der Waals surface area (Å²) in [6.45, 7) is 6.43. The molecule has 0 aliphatic rings. The largest absolute Gasteiger partial charge is 0.351 e. The van der Waals surface area contributed by atoms with Crippen LogP contribution in [0.1, 0.15) is 45.6 Å². The smallest absolute Gasteiger partial charge is 0.292 e. The maximum atomic E-state index is 12.9. The molecule has 0 radical (unpaired) electrons. The lowest BCUT2D eigenvalue weighted by Crippen LogP contribution is -2.24. The summed E-state index contributed by atoms with van der Waals surface area (Å²) in [5.74, 6) is -0.440. The highest BCUT2D eigenvalue weighted by Crippen LogP contribution is 2.21. The van der Waals surface area contributed by atoms with E-state index in [1.807, 2.05) is 45.0 Å². The molecular formula is C20H22N4O2. The second kappa shape index (κ2) is 7.39. The van der Waals surface area contributed by atoms with Crippen molar-refractivity contribution in [1.82, 2.24) is 14.7 Å². The van der Waals surface area contributed by atoms with E-state index in [0.717, 1.165) is 23.2 Å². The Bertz CT molecular complexity index is 955. The van der Waals surface area contributed by atoms with Gasteiger partial charge in [0.05, 0.1) is 5.52 Å². The van der Waals surface area contributed by atoms with Crippen molar-refractivity contribution in [3.8, 4) is 0 Å². The predicted octanol–water partition coefficient (Wildman–Crippen LogP) is 3.34. The number of rotatable bonds is 5. The zero-order valence-corrected chi connectivity index (χ0v) is 15.2. The minimum atomic E-state index is -0.349. The minimum absolute atomic E-state index is 0.185. The maximum absolute atomic E-state index is 12.9. The Kier molecular flexibility index (Phi) is 5.02. The molecule has 0 saturated carbocycles. The third-order valence-corrected chi connectivity index (χ3v) is 4.22. The molecule has 2 N–H and O–H groups in total. The van der Waals surface area contributed by atoms with Gasteiger partial charge in [0, 0.05) is 18.4 Å². The van der Waals surface area contributed by atoms with Crippen LogP contribution in [-0.4, -0.2) is 27.7 Å². The zero-order valence-electron chi connectivity index (χ0n) is 15.2. The summed E-state index contributed by atoms with van der Waals surface area (Å²) in [4.78, 5) is 29.6. The molecule has 0 spiro atoms. The molecule has 2 aromatic heterocycles. The third kappa shape index (κ3) is 3.31. The molecule has 134 valence electrons. The summed E-state index contributed by atoms with van der Waals surface area (Å²) in [6.07, 6.45) is 2.57. The first-order chi connectivity index (χ1) is 12.5. The molecule has 0 unspecified atom stereocenters. The average molecular weight is 350 g/mol. The van der Waals surface area contributed by atoms with Gasteiger partial charge < -0.3 is 10.6 Å². The van der Waals surface area contributed by atoms with Gasteiger partial charge in [-0.3, -0.25) is 14.0 Å². The minimum Gasteiger partial charge on any atom is -0.351 e. The van der Waals surface area contributed by atoms with Gasteiger partial charge in [0.15, 0.2) is 5.69 Å². The van der Waals surface area contributed by atoms with Crippen LogP contribution >= 0.6 is 0 Å². The number of nitrogens with zero attached hydrogens (tertiary/aromatic N) is 2. The van der Waals surface area contributed by atoms with E-state index in [0.29, 0.717) is 12.1 Å². The van der Waals surface area contributed by atoms with E-state index >= 15 is 0 Å². The van der Waals surface area contributed by atoms with Crippen LogP contribution in [0.25, 0.3) is 5.52 Å². The number of hydrogen-bond acceptors (Lipinski definition) is 3. The van der Waals surface area contributed by atoms with Crippen molar-refractivity contribution in [2.45, 2.75) is 27.2 Å². The SMILES string of the molecule is CCCNC(=O)c1nc(C(=O)Nc2c(C)cccc2C)n2ccccc12. The van der Waals surface area contributed by atoms with Crippen molar-refractivity contribution < 1.29 is 9.59 Å². The quantitative estimate of drug-likeness (QED) is 0.741. The molecule has 0 aliphatic carbocycles. The normalized spacial score (nSPS) is 10.7. The van der Waals surface area contributed by atoms with Gasteiger partial charge in [-0.25, -0.2) is 4.98 Å². The average Bonchev–Trinajstić information content (AvgIpc) is 3.02. The van der Waals surface area contributed by atoms with Gasteiger partial charge in [-0.05, 0) is 43.5 Å². The van der Waals surface area contributed by atoms with Crippen molar-refractivity contribution in [1.29, 1.82) is 0 Å². The second-order valence-electron chi connectivity index (χ2n) is 6.22. The van der Waals surface area contributed by atoms with Crippen LogP contribution in [0.2, 0.25) is 0 Å². The van der Waals surface area contributed by atoms with E-state index in [4.69, 9.17) is 0 Å². The fraction of sp³-hybridized carbons (Fsp3) is 0.250. The number of imidazole rings is 1. The number of anilines is 1. The number of carbonyl (C=O) groups excluding carboxylic acids is 2. The molecule has 3 rings (SSSR count). The maximum Gasteiger partial charge on any atom is 0.292 e. The number of para-hydroxylation sites is 1. The number of fused-ring (bicyclic) bond motifs is 1. The number of amides is 2. The summed E-state index contributed by atoms with van der Waals surface area (Å²) in [6, 6.07) is 11.2. The van der Waals surface area contributed by atoms with E-state index in [1.54, 1.807) is 22.7 Å². The first-order valence-corrected chi connectivity index (χ1v) is 8.65. The van der Waals surface area contributed by atoms with Gasteiger partial charge in [0.1, 0.15) is 0 Å². The molecule has 0 aliphatic heterocycles. The Balaban J connectivity index is 2.00. The number of aryl methyl sites for hydroxylation is 2. The number of nitrogens with one attached hydrogen (secondary N) is 2. The molecule has 6 heteroatoms. The highest BCUT2D eigenvalue weighted by Gasteiger charge is 2.21. The summed E-state index contributed by atoms with van der Waals surface area (Å²) in [7, 11) is 0. The van der Waals surface area contributed by atoms with Gasteiger partial charge >= 0.3 is 0 Å². The number of carbonyl (C=O) groups is 2. The Morgan fingerprint density at radius 2 is 1.77 bits per heavy atom. The number of hydrogen-bond donors (Lipinski definition) is 2. The highest BCUT2D eigenvalue weighted by molar-refractivity contribution is 6.06. The van der Waals surface area contributed by atoms with Gasteiger partial charge in [0.25, 0.3) is 11.8 Å². The van der Waals surface area contributed by atoms with Crippen molar-refractivity contribution in [3.05, 3.63) is 65.2 Å². The summed E-state index contributed by atoms with van der Waals surface area (Å²) < 4.78 is 1.64. The number of benzene rings is 1. The van der Waals surface area contributed by atoms with Crippen LogP contribution in [0.5, 0.6) is 0 Å². The summed E-state index contributed by atoms with van der Waals surface area (Å²) in [5.41, 5.74) is 3.57. The van der Waals surface area contributed by atoms with Crippen molar-refractivity contribution in [2.24, 2.45) is 0 Å². The first-order valence-electron chi connectivity index (χ1n) is 8.65. The molecule has 2 amide bonds. The lowest BCUT2D eigenvalue weighted by molar-refractivity contribution is 0.0951. The fourth-order valence-electron chi connectivity index (χ4n) is 2.87. The molecule has 0 bridgehead atoms. The third-order valence-electron chi connectivity index (χ3n) is 4.22. The molecule has 0 fully saturated rings. The van der Waals surface area contributed by atoms with Crippen molar-refractivity contribution >= 4 is 23.0 Å². The zero-order chi connectivity index (χ0) is 18.7.